The first-order valence-corrected chi connectivity index (χ1v) is 11.2. The van der Waals surface area contributed by atoms with Crippen molar-refractivity contribution >= 4 is 28.7 Å². The van der Waals surface area contributed by atoms with E-state index in [1.54, 1.807) is 37.9 Å². The fraction of sp³-hybridized carbons (Fsp3) is 0.542. The molecule has 3 N–H and O–H groups in total. The molecular weight excluding hydrogens is 440 g/mol. The number of likely N-dealkylation sites (tertiary alicyclic amines) is 1. The van der Waals surface area contributed by atoms with Crippen LogP contribution in [-0.2, 0) is 19.1 Å². The van der Waals surface area contributed by atoms with Crippen LogP contribution in [0.1, 0.15) is 41.5 Å². The summed E-state index contributed by atoms with van der Waals surface area (Å²) in [6.07, 6.45) is 0.339. The van der Waals surface area contributed by atoms with Gasteiger partial charge in [-0.15, -0.1) is 0 Å². The van der Waals surface area contributed by atoms with Gasteiger partial charge in [-0.1, -0.05) is 0 Å². The highest BCUT2D eigenvalue weighted by Gasteiger charge is 2.34. The van der Waals surface area contributed by atoms with Crippen molar-refractivity contribution in [2.45, 2.75) is 64.9 Å². The first-order valence-electron chi connectivity index (χ1n) is 11.2. The molecule has 3 rings (SSSR count). The minimum Gasteiger partial charge on any atom is -0.490 e. The lowest BCUT2D eigenvalue weighted by Gasteiger charge is -2.40. The number of nitrogens with zero attached hydrogens (tertiary/aromatic N) is 2. The van der Waals surface area contributed by atoms with Crippen molar-refractivity contribution in [1.82, 2.24) is 9.88 Å². The Morgan fingerprint density at radius 3 is 2.41 bits per heavy atom. The fourth-order valence-corrected chi connectivity index (χ4v) is 3.30. The Labute approximate surface area is 199 Å². The summed E-state index contributed by atoms with van der Waals surface area (Å²) in [5.74, 6) is 5.94. The number of ether oxygens (including phenoxy) is 3. The standard InChI is InChI=1S/C24H34N4O6/c1-23(2,3)32-21(29)19(34-25)14-31-17-7-8-18-15(11-17)9-10-26-20(18)27-16-12-28(13-16)22(30)33-24(4,5)6/h7-11,16,19H,12-14,25H2,1-6H3,(H,26,27)/t19-/m0/s1. The van der Waals surface area contributed by atoms with Crippen molar-refractivity contribution in [2.24, 2.45) is 5.90 Å². The normalized spacial score (nSPS) is 15.4. The Hall–Kier alpha value is -3.11. The highest BCUT2D eigenvalue weighted by atomic mass is 16.7. The summed E-state index contributed by atoms with van der Waals surface area (Å²) in [6.45, 7) is 11.8. The smallest absolute Gasteiger partial charge is 0.410 e. The number of amides is 1. The summed E-state index contributed by atoms with van der Waals surface area (Å²) in [4.78, 5) is 35.2. The van der Waals surface area contributed by atoms with Gasteiger partial charge in [0.1, 0.15) is 29.4 Å². The van der Waals surface area contributed by atoms with Gasteiger partial charge in [0.15, 0.2) is 0 Å². The van der Waals surface area contributed by atoms with Crippen molar-refractivity contribution in [1.29, 1.82) is 0 Å². The topological polar surface area (TPSA) is 125 Å². The number of aromatic nitrogens is 1. The Kier molecular flexibility index (Phi) is 7.52. The average Bonchev–Trinajstić information content (AvgIpc) is 2.67. The summed E-state index contributed by atoms with van der Waals surface area (Å²) in [5, 5.41) is 5.20. The van der Waals surface area contributed by atoms with Gasteiger partial charge in [0.25, 0.3) is 0 Å². The van der Waals surface area contributed by atoms with Crippen molar-refractivity contribution in [3.63, 3.8) is 0 Å². The van der Waals surface area contributed by atoms with Gasteiger partial charge in [0.05, 0.1) is 6.04 Å². The molecule has 1 aromatic heterocycles. The second-order valence-electron chi connectivity index (χ2n) is 10.2. The highest BCUT2D eigenvalue weighted by Crippen LogP contribution is 2.27. The highest BCUT2D eigenvalue weighted by molar-refractivity contribution is 5.92. The number of fused-ring (bicyclic) bond motifs is 1. The molecule has 2 aromatic rings. The van der Waals surface area contributed by atoms with Gasteiger partial charge in [0, 0.05) is 24.7 Å². The third-order valence-corrected chi connectivity index (χ3v) is 4.85. The van der Waals surface area contributed by atoms with Crippen LogP contribution in [0.5, 0.6) is 5.75 Å². The molecule has 0 aliphatic carbocycles. The van der Waals surface area contributed by atoms with E-state index in [0.717, 1.165) is 16.6 Å². The predicted octanol–water partition coefficient (Wildman–Crippen LogP) is 3.25. The van der Waals surface area contributed by atoms with E-state index in [-0.39, 0.29) is 18.7 Å². The molecular formula is C24H34N4O6. The molecule has 1 atom stereocenters. The first kappa shape index (κ1) is 25.5. The van der Waals surface area contributed by atoms with Crippen LogP contribution < -0.4 is 16.0 Å². The number of pyridine rings is 1. The monoisotopic (exact) mass is 474 g/mol. The maximum Gasteiger partial charge on any atom is 0.410 e. The van der Waals surface area contributed by atoms with Gasteiger partial charge >= 0.3 is 12.1 Å². The molecule has 34 heavy (non-hydrogen) atoms. The van der Waals surface area contributed by atoms with E-state index in [0.29, 0.717) is 18.8 Å². The van der Waals surface area contributed by atoms with Crippen LogP contribution in [-0.4, -0.2) is 65.0 Å². The summed E-state index contributed by atoms with van der Waals surface area (Å²) in [7, 11) is 0. The number of anilines is 1. The fourth-order valence-electron chi connectivity index (χ4n) is 3.30. The molecule has 2 heterocycles. The van der Waals surface area contributed by atoms with Crippen LogP contribution in [0.4, 0.5) is 10.6 Å². The number of hydrogen-bond donors (Lipinski definition) is 2. The lowest BCUT2D eigenvalue weighted by molar-refractivity contribution is -0.170. The molecule has 1 aromatic carbocycles. The Balaban J connectivity index is 1.59. The zero-order valence-corrected chi connectivity index (χ0v) is 20.6. The van der Waals surface area contributed by atoms with E-state index >= 15 is 0 Å². The lowest BCUT2D eigenvalue weighted by atomic mass is 10.1. The van der Waals surface area contributed by atoms with E-state index < -0.39 is 23.3 Å². The third-order valence-electron chi connectivity index (χ3n) is 4.85. The molecule has 0 unspecified atom stereocenters. The van der Waals surface area contributed by atoms with E-state index in [9.17, 15) is 9.59 Å². The second-order valence-corrected chi connectivity index (χ2v) is 10.2. The number of esters is 1. The number of rotatable bonds is 7. The molecule has 186 valence electrons. The van der Waals surface area contributed by atoms with Crippen LogP contribution in [0.2, 0.25) is 0 Å². The Morgan fingerprint density at radius 1 is 1.12 bits per heavy atom. The molecule has 1 aliphatic heterocycles. The average molecular weight is 475 g/mol. The van der Waals surface area contributed by atoms with Gasteiger partial charge in [-0.25, -0.2) is 20.5 Å². The first-order chi connectivity index (χ1) is 15.8. The number of benzene rings is 1. The van der Waals surface area contributed by atoms with Crippen LogP contribution in [0.15, 0.2) is 30.5 Å². The quantitative estimate of drug-likeness (QED) is 0.459. The molecule has 1 saturated heterocycles. The summed E-state index contributed by atoms with van der Waals surface area (Å²) < 4.78 is 16.4. The lowest BCUT2D eigenvalue weighted by Crippen LogP contribution is -2.58. The van der Waals surface area contributed by atoms with Gasteiger partial charge in [0.2, 0.25) is 6.10 Å². The van der Waals surface area contributed by atoms with Gasteiger partial charge < -0.3 is 24.4 Å². The van der Waals surface area contributed by atoms with Crippen molar-refractivity contribution in [2.75, 3.05) is 25.0 Å². The molecule has 1 amide bonds. The third kappa shape index (κ3) is 6.94. The van der Waals surface area contributed by atoms with E-state index in [1.807, 2.05) is 39.0 Å². The van der Waals surface area contributed by atoms with Gasteiger partial charge in [-0.2, -0.15) is 0 Å². The number of nitrogens with one attached hydrogen (secondary N) is 1. The van der Waals surface area contributed by atoms with Crippen LogP contribution >= 0.6 is 0 Å². The molecule has 1 fully saturated rings. The molecule has 10 heteroatoms. The number of nitrogens with two attached hydrogens (primary N) is 1. The zero-order chi connectivity index (χ0) is 25.1. The van der Waals surface area contributed by atoms with Crippen LogP contribution in [0.25, 0.3) is 10.8 Å². The maximum absolute atomic E-state index is 12.2. The van der Waals surface area contributed by atoms with E-state index in [1.165, 1.54) is 0 Å². The van der Waals surface area contributed by atoms with Crippen molar-refractivity contribution in [3.8, 4) is 5.75 Å². The predicted molar refractivity (Wildman–Crippen MR) is 127 cm³/mol. The maximum atomic E-state index is 12.2. The molecule has 0 spiro atoms. The summed E-state index contributed by atoms with van der Waals surface area (Å²) in [6, 6.07) is 7.46. The minimum absolute atomic E-state index is 0.0813. The molecule has 0 saturated carbocycles. The number of carbonyl (C=O) groups is 2. The molecule has 0 radical (unpaired) electrons. The van der Waals surface area contributed by atoms with Crippen LogP contribution in [0.3, 0.4) is 0 Å². The summed E-state index contributed by atoms with van der Waals surface area (Å²) in [5.41, 5.74) is -1.17. The van der Waals surface area contributed by atoms with Gasteiger partial charge in [-0.3, -0.25) is 4.84 Å². The van der Waals surface area contributed by atoms with Crippen molar-refractivity contribution < 1.29 is 28.6 Å². The van der Waals surface area contributed by atoms with Gasteiger partial charge in [-0.05, 0) is 71.2 Å². The molecule has 0 bridgehead atoms. The van der Waals surface area contributed by atoms with E-state index in [2.05, 4.69) is 10.3 Å². The van der Waals surface area contributed by atoms with E-state index in [4.69, 9.17) is 24.9 Å². The number of carbonyl (C=O) groups excluding carboxylic acids is 2. The molecule has 10 nitrogen and oxygen atoms in total. The van der Waals surface area contributed by atoms with Crippen LogP contribution in [0, 0.1) is 0 Å². The summed E-state index contributed by atoms with van der Waals surface area (Å²) >= 11 is 0. The Bertz CT molecular complexity index is 1020. The second kappa shape index (κ2) is 10.0. The number of hydrogen-bond acceptors (Lipinski definition) is 9. The minimum atomic E-state index is -1.05. The molecule has 1 aliphatic rings. The zero-order valence-electron chi connectivity index (χ0n) is 20.6. The SMILES string of the molecule is CC(C)(C)OC(=O)[C@H](COc1ccc2c(NC3CN(C(=O)OC(C)(C)C)C3)nccc2c1)ON. The Morgan fingerprint density at radius 2 is 1.79 bits per heavy atom. The van der Waals surface area contributed by atoms with Crippen molar-refractivity contribution in [3.05, 3.63) is 30.5 Å². The largest absolute Gasteiger partial charge is 0.490 e.